The highest BCUT2D eigenvalue weighted by Gasteiger charge is 2.24. The van der Waals surface area contributed by atoms with Crippen molar-refractivity contribution in [3.63, 3.8) is 0 Å². The molecule has 18 heavy (non-hydrogen) atoms. The fraction of sp³-hybridized carbons (Fsp3) is 0.500. The SMILES string of the molecule is Cc1ccccc1CN(C)C(=O)C1COCCN1. The van der Waals surface area contributed by atoms with E-state index in [1.54, 1.807) is 4.90 Å². The van der Waals surface area contributed by atoms with Crippen LogP contribution in [0.25, 0.3) is 0 Å². The molecule has 0 bridgehead atoms. The number of benzene rings is 1. The molecule has 1 saturated heterocycles. The Morgan fingerprint density at radius 3 is 2.94 bits per heavy atom. The first-order chi connectivity index (χ1) is 8.68. The van der Waals surface area contributed by atoms with Crippen LogP contribution < -0.4 is 5.32 Å². The van der Waals surface area contributed by atoms with Crippen LogP contribution in [0.2, 0.25) is 0 Å². The number of nitrogens with zero attached hydrogens (tertiary/aromatic N) is 1. The third-order valence-corrected chi connectivity index (χ3v) is 3.26. The van der Waals surface area contributed by atoms with Gasteiger partial charge in [-0.05, 0) is 18.1 Å². The van der Waals surface area contributed by atoms with Gasteiger partial charge in [0, 0.05) is 20.1 Å². The fourth-order valence-electron chi connectivity index (χ4n) is 2.11. The smallest absolute Gasteiger partial charge is 0.242 e. The number of carbonyl (C=O) groups excluding carboxylic acids is 1. The molecule has 1 amide bonds. The van der Waals surface area contributed by atoms with E-state index in [-0.39, 0.29) is 11.9 Å². The zero-order chi connectivity index (χ0) is 13.0. The summed E-state index contributed by atoms with van der Waals surface area (Å²) in [5.41, 5.74) is 2.40. The molecule has 1 aromatic rings. The van der Waals surface area contributed by atoms with Crippen molar-refractivity contribution >= 4 is 5.91 Å². The van der Waals surface area contributed by atoms with Crippen molar-refractivity contribution in [2.24, 2.45) is 0 Å². The standard InChI is InChI=1S/C14H20N2O2/c1-11-5-3-4-6-12(11)9-16(2)14(17)13-10-18-8-7-15-13/h3-6,13,15H,7-10H2,1-2H3. The quantitative estimate of drug-likeness (QED) is 0.865. The molecule has 1 atom stereocenters. The zero-order valence-electron chi connectivity index (χ0n) is 11.0. The highest BCUT2D eigenvalue weighted by atomic mass is 16.5. The lowest BCUT2D eigenvalue weighted by atomic mass is 10.1. The van der Waals surface area contributed by atoms with E-state index >= 15 is 0 Å². The highest BCUT2D eigenvalue weighted by molar-refractivity contribution is 5.81. The van der Waals surface area contributed by atoms with E-state index < -0.39 is 0 Å². The van der Waals surface area contributed by atoms with Gasteiger partial charge in [0.1, 0.15) is 6.04 Å². The number of aryl methyl sites for hydroxylation is 1. The Hall–Kier alpha value is -1.39. The lowest BCUT2D eigenvalue weighted by Gasteiger charge is -2.27. The lowest BCUT2D eigenvalue weighted by Crippen LogP contribution is -2.51. The molecular formula is C14H20N2O2. The summed E-state index contributed by atoms with van der Waals surface area (Å²) in [5.74, 6) is 0.0953. The summed E-state index contributed by atoms with van der Waals surface area (Å²) in [6, 6.07) is 7.94. The molecule has 0 aromatic heterocycles. The second kappa shape index (κ2) is 5.98. The summed E-state index contributed by atoms with van der Waals surface area (Å²) in [6.45, 7) is 4.61. The van der Waals surface area contributed by atoms with Crippen LogP contribution in [0.5, 0.6) is 0 Å². The number of likely N-dealkylation sites (N-methyl/N-ethyl adjacent to an activating group) is 1. The number of rotatable bonds is 3. The third-order valence-electron chi connectivity index (χ3n) is 3.26. The molecule has 98 valence electrons. The van der Waals surface area contributed by atoms with E-state index in [1.165, 1.54) is 11.1 Å². The molecule has 4 nitrogen and oxygen atoms in total. The molecule has 0 aliphatic carbocycles. The highest BCUT2D eigenvalue weighted by Crippen LogP contribution is 2.10. The van der Waals surface area contributed by atoms with Crippen LogP contribution in [-0.2, 0) is 16.1 Å². The second-order valence-electron chi connectivity index (χ2n) is 4.70. The van der Waals surface area contributed by atoms with Crippen molar-refractivity contribution in [1.82, 2.24) is 10.2 Å². The third kappa shape index (κ3) is 3.09. The van der Waals surface area contributed by atoms with Crippen LogP contribution in [0, 0.1) is 6.92 Å². The van der Waals surface area contributed by atoms with Crippen LogP contribution >= 0.6 is 0 Å². The van der Waals surface area contributed by atoms with Crippen molar-refractivity contribution in [3.8, 4) is 0 Å². The van der Waals surface area contributed by atoms with Gasteiger partial charge in [0.2, 0.25) is 5.91 Å². The molecule has 1 unspecified atom stereocenters. The molecule has 2 rings (SSSR count). The maximum atomic E-state index is 12.2. The number of amides is 1. The molecule has 0 radical (unpaired) electrons. The van der Waals surface area contributed by atoms with Crippen LogP contribution in [0.15, 0.2) is 24.3 Å². The average molecular weight is 248 g/mol. The number of carbonyl (C=O) groups is 1. The topological polar surface area (TPSA) is 41.6 Å². The Bertz CT molecular complexity index is 414. The second-order valence-corrected chi connectivity index (χ2v) is 4.70. The number of hydrogen-bond donors (Lipinski definition) is 1. The van der Waals surface area contributed by atoms with Gasteiger partial charge in [-0.2, -0.15) is 0 Å². The summed E-state index contributed by atoms with van der Waals surface area (Å²) < 4.78 is 5.32. The van der Waals surface area contributed by atoms with Crippen molar-refractivity contribution in [2.75, 3.05) is 26.8 Å². The van der Waals surface area contributed by atoms with Crippen LogP contribution in [0.3, 0.4) is 0 Å². The van der Waals surface area contributed by atoms with Crippen molar-refractivity contribution in [2.45, 2.75) is 19.5 Å². The minimum Gasteiger partial charge on any atom is -0.378 e. The van der Waals surface area contributed by atoms with E-state index in [0.29, 0.717) is 19.8 Å². The predicted octanol–water partition coefficient (Wildman–Crippen LogP) is 0.942. The van der Waals surface area contributed by atoms with Gasteiger partial charge in [-0.1, -0.05) is 24.3 Å². The molecule has 4 heteroatoms. The summed E-state index contributed by atoms with van der Waals surface area (Å²) in [5, 5.41) is 3.18. The van der Waals surface area contributed by atoms with Crippen molar-refractivity contribution in [1.29, 1.82) is 0 Å². The largest absolute Gasteiger partial charge is 0.378 e. The van der Waals surface area contributed by atoms with Gasteiger partial charge >= 0.3 is 0 Å². The normalized spacial score (nSPS) is 19.6. The molecule has 1 heterocycles. The minimum atomic E-state index is -0.201. The zero-order valence-corrected chi connectivity index (χ0v) is 11.0. The maximum Gasteiger partial charge on any atom is 0.242 e. The summed E-state index contributed by atoms with van der Waals surface area (Å²) >= 11 is 0. The van der Waals surface area contributed by atoms with Crippen LogP contribution in [0.4, 0.5) is 0 Å². The number of nitrogens with one attached hydrogen (secondary N) is 1. The van der Waals surface area contributed by atoms with E-state index in [1.807, 2.05) is 19.2 Å². The van der Waals surface area contributed by atoms with Crippen LogP contribution in [0.1, 0.15) is 11.1 Å². The summed E-state index contributed by atoms with van der Waals surface area (Å²) in [4.78, 5) is 14.0. The predicted molar refractivity (Wildman–Crippen MR) is 70.3 cm³/mol. The van der Waals surface area contributed by atoms with Gasteiger partial charge < -0.3 is 15.0 Å². The first kappa shape index (κ1) is 13.1. The fourth-order valence-corrected chi connectivity index (χ4v) is 2.11. The molecule has 1 aromatic carbocycles. The van der Waals surface area contributed by atoms with Gasteiger partial charge in [-0.15, -0.1) is 0 Å². The van der Waals surface area contributed by atoms with Gasteiger partial charge in [-0.3, -0.25) is 4.79 Å². The van der Waals surface area contributed by atoms with Crippen molar-refractivity contribution < 1.29 is 9.53 Å². The van der Waals surface area contributed by atoms with Crippen molar-refractivity contribution in [3.05, 3.63) is 35.4 Å². The summed E-state index contributed by atoms with van der Waals surface area (Å²) in [6.07, 6.45) is 0. The van der Waals surface area contributed by atoms with Gasteiger partial charge in [0.05, 0.1) is 13.2 Å². The lowest BCUT2D eigenvalue weighted by molar-refractivity contribution is -0.135. The van der Waals surface area contributed by atoms with Gasteiger partial charge in [0.25, 0.3) is 0 Å². The Labute approximate surface area is 108 Å². The minimum absolute atomic E-state index is 0.0953. The van der Waals surface area contributed by atoms with E-state index in [4.69, 9.17) is 4.74 Å². The first-order valence-corrected chi connectivity index (χ1v) is 6.29. The Balaban J connectivity index is 1.96. The van der Waals surface area contributed by atoms with Gasteiger partial charge in [-0.25, -0.2) is 0 Å². The van der Waals surface area contributed by atoms with E-state index in [2.05, 4.69) is 24.4 Å². The molecular weight excluding hydrogens is 228 g/mol. The Morgan fingerprint density at radius 2 is 2.28 bits per heavy atom. The first-order valence-electron chi connectivity index (χ1n) is 6.29. The number of hydrogen-bond acceptors (Lipinski definition) is 3. The maximum absolute atomic E-state index is 12.2. The summed E-state index contributed by atoms with van der Waals surface area (Å²) in [7, 11) is 1.84. The molecule has 0 saturated carbocycles. The molecule has 1 aliphatic rings. The van der Waals surface area contributed by atoms with Gasteiger partial charge in [0.15, 0.2) is 0 Å². The molecule has 1 fully saturated rings. The molecule has 0 spiro atoms. The van der Waals surface area contributed by atoms with E-state index in [9.17, 15) is 4.79 Å². The number of ether oxygens (including phenoxy) is 1. The molecule has 1 N–H and O–H groups in total. The average Bonchev–Trinajstić information content (AvgIpc) is 2.41. The Morgan fingerprint density at radius 1 is 1.50 bits per heavy atom. The monoisotopic (exact) mass is 248 g/mol. The Kier molecular flexibility index (Phi) is 4.33. The van der Waals surface area contributed by atoms with E-state index in [0.717, 1.165) is 6.54 Å². The van der Waals surface area contributed by atoms with Crippen LogP contribution in [-0.4, -0.2) is 43.7 Å². The number of morpholine rings is 1. The molecule has 1 aliphatic heterocycles.